The Kier molecular flexibility index (Phi) is 32.2. The Balaban J connectivity index is -0.000000138. The van der Waals surface area contributed by atoms with E-state index in [-0.39, 0.29) is 7.43 Å². The first-order valence-electron chi connectivity index (χ1n) is 7.00. The molecule has 0 amide bonds. The predicted molar refractivity (Wildman–Crippen MR) is 75.6 cm³/mol. The molecule has 0 N–H and O–H groups in total. The van der Waals surface area contributed by atoms with E-state index in [1.54, 1.807) is 0 Å². The minimum Gasteiger partial charge on any atom is -0.0776 e. The molecular weight excluding hydrogens is 180 g/mol. The molecule has 0 saturated heterocycles. The van der Waals surface area contributed by atoms with Gasteiger partial charge in [-0.15, -0.1) is 0 Å². The molecule has 0 aromatic heterocycles. The molecule has 0 heterocycles. The van der Waals surface area contributed by atoms with Crippen molar-refractivity contribution in [2.75, 3.05) is 0 Å². The van der Waals surface area contributed by atoms with Crippen molar-refractivity contribution < 1.29 is 0 Å². The second-order valence-corrected chi connectivity index (χ2v) is 3.54. The molecule has 2 rings (SSSR count). The number of hydrogen-bond donors (Lipinski definition) is 0. The van der Waals surface area contributed by atoms with Crippen LogP contribution in [0.3, 0.4) is 0 Å². The van der Waals surface area contributed by atoms with Gasteiger partial charge in [0.2, 0.25) is 0 Å². The molecule has 0 atom stereocenters. The van der Waals surface area contributed by atoms with Gasteiger partial charge in [0.05, 0.1) is 0 Å². The van der Waals surface area contributed by atoms with Crippen LogP contribution in [0.1, 0.15) is 99.3 Å². The van der Waals surface area contributed by atoms with Gasteiger partial charge in [-0.25, -0.2) is 0 Å². The molecule has 0 nitrogen and oxygen atoms in total. The van der Waals surface area contributed by atoms with Gasteiger partial charge >= 0.3 is 0 Å². The van der Waals surface area contributed by atoms with Crippen LogP contribution < -0.4 is 0 Å². The third-order valence-electron chi connectivity index (χ3n) is 2.50. The summed E-state index contributed by atoms with van der Waals surface area (Å²) in [5, 5.41) is 0. The van der Waals surface area contributed by atoms with Crippen molar-refractivity contribution in [1.29, 1.82) is 0 Å². The van der Waals surface area contributed by atoms with E-state index in [1.165, 1.54) is 64.2 Å². The zero-order valence-corrected chi connectivity index (χ0v) is 11.1. The average Bonchev–Trinajstić information content (AvgIpc) is 3.01. The maximum Gasteiger partial charge on any atom is -0.0533 e. The molecule has 96 valence electrons. The van der Waals surface area contributed by atoms with Crippen LogP contribution in [0.15, 0.2) is 0 Å². The van der Waals surface area contributed by atoms with E-state index < -0.39 is 0 Å². The molecule has 0 unspecified atom stereocenters. The van der Waals surface area contributed by atoms with Crippen LogP contribution in [0, 0.1) is 0 Å². The maximum atomic E-state index is 2.00. The Labute approximate surface area is 99.9 Å². The van der Waals surface area contributed by atoms with Crippen LogP contribution in [-0.2, 0) is 0 Å². The first kappa shape index (κ1) is 20.4. The largest absolute Gasteiger partial charge is 0.0776 e. The molecule has 0 aromatic carbocycles. The molecule has 0 spiro atoms. The van der Waals surface area contributed by atoms with Crippen molar-refractivity contribution in [2.45, 2.75) is 99.3 Å². The van der Waals surface area contributed by atoms with Crippen LogP contribution in [0.4, 0.5) is 0 Å². The predicted octanol–water partition coefficient (Wildman–Crippen LogP) is 6.59. The van der Waals surface area contributed by atoms with Crippen LogP contribution in [0.25, 0.3) is 0 Å². The van der Waals surface area contributed by atoms with Crippen molar-refractivity contribution in [3.63, 3.8) is 0 Å². The third-order valence-corrected chi connectivity index (χ3v) is 2.50. The zero-order valence-electron chi connectivity index (χ0n) is 11.1. The summed E-state index contributed by atoms with van der Waals surface area (Å²) in [6.07, 6.45) is 15.0. The molecular formula is C15H36. The van der Waals surface area contributed by atoms with E-state index in [4.69, 9.17) is 0 Å². The summed E-state index contributed by atoms with van der Waals surface area (Å²) in [6.45, 7) is 8.00. The van der Waals surface area contributed by atoms with Gasteiger partial charge in [0.25, 0.3) is 0 Å². The monoisotopic (exact) mass is 216 g/mol. The lowest BCUT2D eigenvalue weighted by Gasteiger charge is -1.67. The Morgan fingerprint density at radius 3 is 0.467 bits per heavy atom. The van der Waals surface area contributed by atoms with E-state index in [0.29, 0.717) is 0 Å². The van der Waals surface area contributed by atoms with Crippen molar-refractivity contribution in [1.82, 2.24) is 0 Å². The topological polar surface area (TPSA) is 0 Å². The lowest BCUT2D eigenvalue weighted by atomic mass is 10.4. The molecule has 0 heteroatoms. The molecule has 2 saturated carbocycles. The standard InChI is InChI=1S/2C5H10.2C2H6.CH4/c2*1-2-4-5-3-1;2*1-2;/h2*1-5H2;2*1-2H3;1H4. The van der Waals surface area contributed by atoms with E-state index >= 15 is 0 Å². The zero-order chi connectivity index (χ0) is 11.1. The van der Waals surface area contributed by atoms with Gasteiger partial charge < -0.3 is 0 Å². The fourth-order valence-electron chi connectivity index (χ4n) is 1.77. The Morgan fingerprint density at radius 2 is 0.400 bits per heavy atom. The molecule has 0 bridgehead atoms. The normalized spacial score (nSPS) is 16.8. The van der Waals surface area contributed by atoms with E-state index in [0.717, 1.165) is 0 Å². The fourth-order valence-corrected chi connectivity index (χ4v) is 1.77. The van der Waals surface area contributed by atoms with E-state index in [1.807, 2.05) is 27.7 Å². The SMILES string of the molecule is C.C1CCCC1.C1CCCC1.CC.CC. The minimum absolute atomic E-state index is 0. The second kappa shape index (κ2) is 23.7. The molecule has 2 fully saturated rings. The fraction of sp³-hybridized carbons (Fsp3) is 1.00. The summed E-state index contributed by atoms with van der Waals surface area (Å²) >= 11 is 0. The summed E-state index contributed by atoms with van der Waals surface area (Å²) in [6, 6.07) is 0. The van der Waals surface area contributed by atoms with Gasteiger partial charge in [-0.3, -0.25) is 0 Å². The van der Waals surface area contributed by atoms with Crippen molar-refractivity contribution in [3.05, 3.63) is 0 Å². The van der Waals surface area contributed by atoms with E-state index in [2.05, 4.69) is 0 Å². The highest BCUT2D eigenvalue weighted by molar-refractivity contribution is 4.51. The summed E-state index contributed by atoms with van der Waals surface area (Å²) in [4.78, 5) is 0. The highest BCUT2D eigenvalue weighted by Crippen LogP contribution is 2.15. The van der Waals surface area contributed by atoms with Crippen LogP contribution in [0.5, 0.6) is 0 Å². The van der Waals surface area contributed by atoms with Gasteiger partial charge in [0.15, 0.2) is 0 Å². The third kappa shape index (κ3) is 20.2. The summed E-state index contributed by atoms with van der Waals surface area (Å²) in [5.41, 5.74) is 0. The summed E-state index contributed by atoms with van der Waals surface area (Å²) < 4.78 is 0. The average molecular weight is 216 g/mol. The van der Waals surface area contributed by atoms with Gasteiger partial charge in [-0.2, -0.15) is 0 Å². The Bertz CT molecular complexity index is 33.2. The Morgan fingerprint density at radius 1 is 0.333 bits per heavy atom. The van der Waals surface area contributed by atoms with Crippen LogP contribution in [0.2, 0.25) is 0 Å². The minimum atomic E-state index is 0. The van der Waals surface area contributed by atoms with Crippen molar-refractivity contribution in [3.8, 4) is 0 Å². The lowest BCUT2D eigenvalue weighted by molar-refractivity contribution is 0.886. The maximum absolute atomic E-state index is 2.00. The van der Waals surface area contributed by atoms with Crippen molar-refractivity contribution in [2.24, 2.45) is 0 Å². The molecule has 0 aromatic rings. The molecule has 2 aliphatic rings. The van der Waals surface area contributed by atoms with Gasteiger partial charge in [0.1, 0.15) is 0 Å². The highest BCUT2D eigenvalue weighted by atomic mass is 14.0. The molecule has 0 radical (unpaired) electrons. The van der Waals surface area contributed by atoms with Gasteiger partial charge in [0, 0.05) is 0 Å². The molecule has 15 heavy (non-hydrogen) atoms. The quantitative estimate of drug-likeness (QED) is 0.428. The van der Waals surface area contributed by atoms with Gasteiger partial charge in [-0.05, 0) is 0 Å². The lowest BCUT2D eigenvalue weighted by Crippen LogP contribution is -1.47. The van der Waals surface area contributed by atoms with Gasteiger partial charge in [-0.1, -0.05) is 99.3 Å². The number of rotatable bonds is 0. The van der Waals surface area contributed by atoms with Crippen molar-refractivity contribution >= 4 is 0 Å². The smallest absolute Gasteiger partial charge is 0.0533 e. The summed E-state index contributed by atoms with van der Waals surface area (Å²) in [5.74, 6) is 0. The first-order chi connectivity index (χ1) is 7.00. The van der Waals surface area contributed by atoms with Crippen LogP contribution >= 0.6 is 0 Å². The highest BCUT2D eigenvalue weighted by Gasteiger charge is 1.95. The Hall–Kier alpha value is 0. The summed E-state index contributed by atoms with van der Waals surface area (Å²) in [7, 11) is 0. The number of hydrogen-bond acceptors (Lipinski definition) is 0. The second-order valence-electron chi connectivity index (χ2n) is 3.54. The first-order valence-corrected chi connectivity index (χ1v) is 7.00. The molecule has 0 aliphatic heterocycles. The van der Waals surface area contributed by atoms with Crippen LogP contribution in [-0.4, -0.2) is 0 Å². The molecule has 2 aliphatic carbocycles. The van der Waals surface area contributed by atoms with E-state index in [9.17, 15) is 0 Å².